The third-order valence-electron chi connectivity index (χ3n) is 5.93. The van der Waals surface area contributed by atoms with Crippen LogP contribution in [0.15, 0.2) is 28.9 Å². The number of aromatic nitrogens is 3. The molecule has 0 aliphatic carbocycles. The molecule has 1 spiro atoms. The lowest BCUT2D eigenvalue weighted by atomic mass is 9.73. The molecule has 0 aromatic carbocycles. The van der Waals surface area contributed by atoms with Crippen LogP contribution >= 0.6 is 0 Å². The van der Waals surface area contributed by atoms with Crippen LogP contribution in [0, 0.1) is 5.41 Å². The van der Waals surface area contributed by atoms with Gasteiger partial charge < -0.3 is 9.42 Å². The maximum absolute atomic E-state index is 12.5. The topological polar surface area (TPSA) is 75.4 Å². The molecule has 4 rings (SSSR count). The number of pyridine rings is 1. The third kappa shape index (κ3) is 4.24. The van der Waals surface area contributed by atoms with Crippen LogP contribution in [0.25, 0.3) is 0 Å². The third-order valence-corrected chi connectivity index (χ3v) is 5.93. The zero-order valence-corrected chi connectivity index (χ0v) is 16.8. The molecular formula is C21H29N5O2. The summed E-state index contributed by atoms with van der Waals surface area (Å²) in [5.74, 6) is 1.98. The number of piperidine rings is 2. The zero-order chi connectivity index (χ0) is 19.6. The molecule has 7 heteroatoms. The van der Waals surface area contributed by atoms with Gasteiger partial charge in [-0.25, -0.2) is 0 Å². The molecule has 1 amide bonds. The molecule has 2 aliphatic rings. The lowest BCUT2D eigenvalue weighted by molar-refractivity contribution is -0.140. The molecule has 0 radical (unpaired) electrons. The van der Waals surface area contributed by atoms with Crippen LogP contribution in [0.2, 0.25) is 0 Å². The van der Waals surface area contributed by atoms with Gasteiger partial charge in [0.15, 0.2) is 5.82 Å². The van der Waals surface area contributed by atoms with E-state index < -0.39 is 0 Å². The number of hydrogen-bond acceptors (Lipinski definition) is 6. The Balaban J connectivity index is 1.42. The Bertz CT molecular complexity index is 806. The highest BCUT2D eigenvalue weighted by Gasteiger charge is 2.42. The Labute approximate surface area is 166 Å². The Kier molecular flexibility index (Phi) is 5.44. The summed E-state index contributed by atoms with van der Waals surface area (Å²) in [6.45, 7) is 8.24. The molecule has 0 bridgehead atoms. The lowest BCUT2D eigenvalue weighted by Crippen LogP contribution is -2.53. The highest BCUT2D eigenvalue weighted by atomic mass is 16.5. The molecular weight excluding hydrogens is 354 g/mol. The summed E-state index contributed by atoms with van der Waals surface area (Å²) in [6.07, 6.45) is 5.67. The first-order valence-corrected chi connectivity index (χ1v) is 10.3. The predicted molar refractivity (Wildman–Crippen MR) is 104 cm³/mol. The summed E-state index contributed by atoms with van der Waals surface area (Å²) in [5.41, 5.74) is 1.11. The van der Waals surface area contributed by atoms with Gasteiger partial charge in [-0.15, -0.1) is 0 Å². The van der Waals surface area contributed by atoms with Crippen molar-refractivity contribution in [3.8, 4) is 0 Å². The van der Waals surface area contributed by atoms with E-state index in [9.17, 15) is 4.79 Å². The smallest absolute Gasteiger partial charge is 0.240 e. The molecule has 2 fully saturated rings. The fraction of sp³-hybridized carbons (Fsp3) is 0.619. The van der Waals surface area contributed by atoms with E-state index in [1.54, 1.807) is 6.20 Å². The number of amides is 1. The van der Waals surface area contributed by atoms with Crippen LogP contribution in [0.4, 0.5) is 0 Å². The molecule has 4 heterocycles. The number of hydrogen-bond donors (Lipinski definition) is 0. The van der Waals surface area contributed by atoms with Gasteiger partial charge in [-0.05, 0) is 37.9 Å². The average Bonchev–Trinajstić information content (AvgIpc) is 3.15. The molecule has 0 saturated carbocycles. The van der Waals surface area contributed by atoms with E-state index in [1.165, 1.54) is 0 Å². The van der Waals surface area contributed by atoms with Crippen molar-refractivity contribution in [3.63, 3.8) is 0 Å². The molecule has 0 N–H and O–H groups in total. The van der Waals surface area contributed by atoms with Crippen molar-refractivity contribution >= 4 is 5.91 Å². The molecule has 0 unspecified atom stereocenters. The first-order chi connectivity index (χ1) is 13.5. The van der Waals surface area contributed by atoms with Crippen molar-refractivity contribution in [3.05, 3.63) is 41.8 Å². The summed E-state index contributed by atoms with van der Waals surface area (Å²) in [7, 11) is 0. The second-order valence-electron chi connectivity index (χ2n) is 8.59. The van der Waals surface area contributed by atoms with E-state index >= 15 is 0 Å². The maximum atomic E-state index is 12.5. The monoisotopic (exact) mass is 383 g/mol. The summed E-state index contributed by atoms with van der Waals surface area (Å²) >= 11 is 0. The second-order valence-corrected chi connectivity index (χ2v) is 8.59. The lowest BCUT2D eigenvalue weighted by Gasteiger charge is -2.48. The summed E-state index contributed by atoms with van der Waals surface area (Å²) in [5, 5.41) is 4.08. The molecule has 2 aromatic rings. The molecule has 2 aliphatic heterocycles. The minimum atomic E-state index is 0.155. The Morgan fingerprint density at radius 1 is 1.21 bits per heavy atom. The highest BCUT2D eigenvalue weighted by molar-refractivity contribution is 5.77. The molecule has 1 atom stereocenters. The van der Waals surface area contributed by atoms with Gasteiger partial charge in [-0.3, -0.25) is 14.7 Å². The zero-order valence-electron chi connectivity index (χ0n) is 16.8. The Hall–Kier alpha value is -2.28. The molecule has 2 saturated heterocycles. The number of likely N-dealkylation sites (tertiary alicyclic amines) is 2. The summed E-state index contributed by atoms with van der Waals surface area (Å²) < 4.78 is 5.45. The van der Waals surface area contributed by atoms with E-state index in [0.29, 0.717) is 25.4 Å². The van der Waals surface area contributed by atoms with E-state index in [4.69, 9.17) is 4.52 Å². The van der Waals surface area contributed by atoms with Crippen molar-refractivity contribution in [2.24, 2.45) is 5.41 Å². The predicted octanol–water partition coefficient (Wildman–Crippen LogP) is 2.99. The fourth-order valence-electron chi connectivity index (χ4n) is 4.47. The SMILES string of the molecule is CC(C)c1noc(CN2CCC[C@]3(CCC(=O)N(Cc4ccccn4)C3)C2)n1. The fourth-order valence-corrected chi connectivity index (χ4v) is 4.47. The minimum absolute atomic E-state index is 0.155. The van der Waals surface area contributed by atoms with Crippen LogP contribution in [0.3, 0.4) is 0 Å². The van der Waals surface area contributed by atoms with E-state index in [1.807, 2.05) is 23.1 Å². The van der Waals surface area contributed by atoms with E-state index in [0.717, 1.165) is 50.4 Å². The van der Waals surface area contributed by atoms with Crippen LogP contribution in [0.1, 0.15) is 62.9 Å². The number of rotatable bonds is 5. The summed E-state index contributed by atoms with van der Waals surface area (Å²) in [6, 6.07) is 5.87. The number of carbonyl (C=O) groups is 1. The van der Waals surface area contributed by atoms with Crippen molar-refractivity contribution in [1.82, 2.24) is 24.9 Å². The van der Waals surface area contributed by atoms with Crippen LogP contribution < -0.4 is 0 Å². The van der Waals surface area contributed by atoms with Gasteiger partial charge in [0.25, 0.3) is 0 Å². The van der Waals surface area contributed by atoms with E-state index in [-0.39, 0.29) is 17.2 Å². The largest absolute Gasteiger partial charge is 0.338 e. The Morgan fingerprint density at radius 2 is 2.11 bits per heavy atom. The molecule has 7 nitrogen and oxygen atoms in total. The second kappa shape index (κ2) is 7.99. The maximum Gasteiger partial charge on any atom is 0.240 e. The van der Waals surface area contributed by atoms with Gasteiger partial charge >= 0.3 is 0 Å². The van der Waals surface area contributed by atoms with Crippen LogP contribution in [-0.4, -0.2) is 50.5 Å². The van der Waals surface area contributed by atoms with E-state index in [2.05, 4.69) is 33.9 Å². The standard InChI is InChI=1S/C21H29N5O2/c1-16(2)20-23-18(28-24-20)13-25-11-5-8-21(14-25)9-7-19(27)26(15-21)12-17-6-3-4-10-22-17/h3-4,6,10,16H,5,7-9,11-15H2,1-2H3/t21-/m0/s1. The molecule has 2 aromatic heterocycles. The Morgan fingerprint density at radius 3 is 2.86 bits per heavy atom. The van der Waals surface area contributed by atoms with Gasteiger partial charge in [0.1, 0.15) is 0 Å². The number of carbonyl (C=O) groups excluding carboxylic acids is 1. The highest BCUT2D eigenvalue weighted by Crippen LogP contribution is 2.39. The first-order valence-electron chi connectivity index (χ1n) is 10.3. The summed E-state index contributed by atoms with van der Waals surface area (Å²) in [4.78, 5) is 25.9. The molecule has 28 heavy (non-hydrogen) atoms. The normalized spacial score (nSPS) is 23.7. The van der Waals surface area contributed by atoms with Gasteiger partial charge in [-0.1, -0.05) is 25.1 Å². The quantitative estimate of drug-likeness (QED) is 0.790. The molecule has 150 valence electrons. The van der Waals surface area contributed by atoms with Crippen LogP contribution in [0.5, 0.6) is 0 Å². The van der Waals surface area contributed by atoms with Gasteiger partial charge in [-0.2, -0.15) is 4.98 Å². The van der Waals surface area contributed by atoms with Crippen LogP contribution in [-0.2, 0) is 17.9 Å². The van der Waals surface area contributed by atoms with Gasteiger partial charge in [0, 0.05) is 37.0 Å². The first kappa shape index (κ1) is 19.1. The van der Waals surface area contributed by atoms with Crippen molar-refractivity contribution in [2.45, 2.75) is 58.5 Å². The van der Waals surface area contributed by atoms with Crippen molar-refractivity contribution in [2.75, 3.05) is 19.6 Å². The average molecular weight is 383 g/mol. The minimum Gasteiger partial charge on any atom is -0.338 e. The number of nitrogens with zero attached hydrogens (tertiary/aromatic N) is 5. The van der Waals surface area contributed by atoms with Crippen molar-refractivity contribution < 1.29 is 9.32 Å². The van der Waals surface area contributed by atoms with Gasteiger partial charge in [0.2, 0.25) is 11.8 Å². The van der Waals surface area contributed by atoms with Gasteiger partial charge in [0.05, 0.1) is 18.8 Å². The van der Waals surface area contributed by atoms with Crippen molar-refractivity contribution in [1.29, 1.82) is 0 Å².